The number of aliphatic hydroxyl groups excluding tert-OH is 1. The minimum atomic E-state index is -0.140. The van der Waals surface area contributed by atoms with Crippen LogP contribution in [0.3, 0.4) is 0 Å². The number of aliphatic hydroxyl groups is 1. The van der Waals surface area contributed by atoms with Gasteiger partial charge in [0.2, 0.25) is 0 Å². The molecule has 2 atom stereocenters. The lowest BCUT2D eigenvalue weighted by Crippen LogP contribution is -2.45. The van der Waals surface area contributed by atoms with Gasteiger partial charge in [-0.3, -0.25) is 0 Å². The number of para-hydroxylation sites is 1. The maximum absolute atomic E-state index is 10.00. The normalized spacial score (nSPS) is 28.4. The summed E-state index contributed by atoms with van der Waals surface area (Å²) >= 11 is 6.54. The molecule has 2 fully saturated rings. The second-order valence-electron chi connectivity index (χ2n) is 6.70. The van der Waals surface area contributed by atoms with Crippen LogP contribution in [0.2, 0.25) is 5.02 Å². The molecule has 0 amide bonds. The molecule has 1 aromatic rings. The van der Waals surface area contributed by atoms with Crippen LogP contribution in [0.4, 0.5) is 5.69 Å². The zero-order chi connectivity index (χ0) is 15.0. The molecule has 4 heteroatoms. The van der Waals surface area contributed by atoms with Gasteiger partial charge in [-0.1, -0.05) is 37.6 Å². The summed E-state index contributed by atoms with van der Waals surface area (Å²) in [6.45, 7) is 5.16. The van der Waals surface area contributed by atoms with E-state index in [2.05, 4.69) is 30.1 Å². The standard InChI is InChI=1S/C17H25ClN2O/c1-11(2)19-10-12-4-3-5-16(18)17(12)20-13-6-7-14(20)9-15(21)8-13/h3-5,11,13-15,19,21H,6-10H2,1-2H3. The Labute approximate surface area is 132 Å². The number of hydrogen-bond acceptors (Lipinski definition) is 3. The molecule has 1 aromatic carbocycles. The molecule has 0 radical (unpaired) electrons. The molecule has 2 N–H and O–H groups in total. The van der Waals surface area contributed by atoms with E-state index >= 15 is 0 Å². The lowest BCUT2D eigenvalue weighted by molar-refractivity contribution is 0.126. The molecule has 3 rings (SSSR count). The van der Waals surface area contributed by atoms with Gasteiger partial charge < -0.3 is 15.3 Å². The smallest absolute Gasteiger partial charge is 0.0643 e. The highest BCUT2D eigenvalue weighted by Gasteiger charge is 2.41. The quantitative estimate of drug-likeness (QED) is 0.895. The summed E-state index contributed by atoms with van der Waals surface area (Å²) in [5.74, 6) is 0. The Balaban J connectivity index is 1.91. The average molecular weight is 309 g/mol. The molecule has 0 aromatic heterocycles. The fourth-order valence-corrected chi connectivity index (χ4v) is 4.11. The number of benzene rings is 1. The lowest BCUT2D eigenvalue weighted by atomic mass is 9.97. The summed E-state index contributed by atoms with van der Waals surface area (Å²) in [5, 5.41) is 14.3. The van der Waals surface area contributed by atoms with Crippen molar-refractivity contribution in [2.24, 2.45) is 0 Å². The van der Waals surface area contributed by atoms with Crippen LogP contribution in [-0.2, 0) is 6.54 Å². The number of nitrogens with zero attached hydrogens (tertiary/aromatic N) is 1. The highest BCUT2D eigenvalue weighted by atomic mass is 35.5. The highest BCUT2D eigenvalue weighted by Crippen LogP contribution is 2.43. The van der Waals surface area contributed by atoms with Crippen molar-refractivity contribution in [1.29, 1.82) is 0 Å². The molecule has 0 spiro atoms. The molecular formula is C17H25ClN2O. The van der Waals surface area contributed by atoms with Gasteiger partial charge in [0.15, 0.2) is 0 Å². The minimum Gasteiger partial charge on any atom is -0.393 e. The predicted octanol–water partition coefficient (Wildman–Crippen LogP) is 3.33. The second kappa shape index (κ2) is 6.15. The lowest BCUT2D eigenvalue weighted by Gasteiger charge is -2.40. The number of hydrogen-bond donors (Lipinski definition) is 2. The van der Waals surface area contributed by atoms with Gasteiger partial charge in [-0.2, -0.15) is 0 Å². The van der Waals surface area contributed by atoms with Gasteiger partial charge in [0.05, 0.1) is 16.8 Å². The van der Waals surface area contributed by atoms with Crippen LogP contribution in [0.1, 0.15) is 45.1 Å². The Bertz CT molecular complexity index is 492. The molecule has 2 aliphatic heterocycles. The molecule has 2 heterocycles. The maximum Gasteiger partial charge on any atom is 0.0643 e. The fraction of sp³-hybridized carbons (Fsp3) is 0.647. The van der Waals surface area contributed by atoms with Gasteiger partial charge in [0.1, 0.15) is 0 Å². The van der Waals surface area contributed by atoms with Crippen molar-refractivity contribution >= 4 is 17.3 Å². The van der Waals surface area contributed by atoms with Gasteiger partial charge in [0.25, 0.3) is 0 Å². The Morgan fingerprint density at radius 3 is 2.57 bits per heavy atom. The number of fused-ring (bicyclic) bond motifs is 2. The molecule has 0 aliphatic carbocycles. The third-order valence-corrected chi connectivity index (χ3v) is 5.04. The first-order chi connectivity index (χ1) is 10.1. The maximum atomic E-state index is 10.00. The molecule has 3 nitrogen and oxygen atoms in total. The summed E-state index contributed by atoms with van der Waals surface area (Å²) in [6, 6.07) is 7.52. The molecular weight excluding hydrogens is 284 g/mol. The van der Waals surface area contributed by atoms with Crippen LogP contribution in [-0.4, -0.2) is 29.3 Å². The van der Waals surface area contributed by atoms with Crippen LogP contribution >= 0.6 is 11.6 Å². The van der Waals surface area contributed by atoms with Gasteiger partial charge >= 0.3 is 0 Å². The van der Waals surface area contributed by atoms with Gasteiger partial charge in [-0.25, -0.2) is 0 Å². The van der Waals surface area contributed by atoms with Crippen molar-refractivity contribution < 1.29 is 5.11 Å². The topological polar surface area (TPSA) is 35.5 Å². The Morgan fingerprint density at radius 2 is 1.95 bits per heavy atom. The Hall–Kier alpha value is -0.770. The van der Waals surface area contributed by atoms with E-state index in [0.29, 0.717) is 18.1 Å². The molecule has 2 bridgehead atoms. The predicted molar refractivity (Wildman–Crippen MR) is 88.0 cm³/mol. The van der Waals surface area contributed by atoms with E-state index in [1.807, 2.05) is 12.1 Å². The summed E-state index contributed by atoms with van der Waals surface area (Å²) in [6.07, 6.45) is 3.95. The monoisotopic (exact) mass is 308 g/mol. The zero-order valence-electron chi connectivity index (χ0n) is 12.8. The van der Waals surface area contributed by atoms with E-state index < -0.39 is 0 Å². The first-order valence-electron chi connectivity index (χ1n) is 8.03. The van der Waals surface area contributed by atoms with Gasteiger partial charge in [0, 0.05) is 24.7 Å². The van der Waals surface area contributed by atoms with Crippen molar-refractivity contribution in [1.82, 2.24) is 5.32 Å². The van der Waals surface area contributed by atoms with Crippen LogP contribution < -0.4 is 10.2 Å². The first kappa shape index (κ1) is 15.1. The third-order valence-electron chi connectivity index (χ3n) is 4.74. The number of anilines is 1. The molecule has 21 heavy (non-hydrogen) atoms. The van der Waals surface area contributed by atoms with E-state index in [9.17, 15) is 5.11 Å². The summed E-state index contributed by atoms with van der Waals surface area (Å²) < 4.78 is 0. The molecule has 0 saturated carbocycles. The van der Waals surface area contributed by atoms with Gasteiger partial charge in [-0.05, 0) is 37.3 Å². The summed E-state index contributed by atoms with van der Waals surface area (Å²) in [4.78, 5) is 2.49. The molecule has 116 valence electrons. The highest BCUT2D eigenvalue weighted by molar-refractivity contribution is 6.33. The van der Waals surface area contributed by atoms with E-state index in [1.54, 1.807) is 0 Å². The third kappa shape index (κ3) is 3.05. The van der Waals surface area contributed by atoms with Crippen molar-refractivity contribution in [2.45, 2.75) is 70.3 Å². The first-order valence-corrected chi connectivity index (χ1v) is 8.41. The van der Waals surface area contributed by atoms with Crippen molar-refractivity contribution in [3.8, 4) is 0 Å². The SMILES string of the molecule is CC(C)NCc1cccc(Cl)c1N1C2CCC1CC(O)C2. The van der Waals surface area contributed by atoms with Crippen LogP contribution in [0.25, 0.3) is 0 Å². The molecule has 2 saturated heterocycles. The zero-order valence-corrected chi connectivity index (χ0v) is 13.6. The fourth-order valence-electron chi connectivity index (χ4n) is 3.82. The largest absolute Gasteiger partial charge is 0.393 e. The van der Waals surface area contributed by atoms with Gasteiger partial charge in [-0.15, -0.1) is 0 Å². The van der Waals surface area contributed by atoms with Crippen LogP contribution in [0.15, 0.2) is 18.2 Å². The number of halogens is 1. The van der Waals surface area contributed by atoms with Crippen molar-refractivity contribution in [3.05, 3.63) is 28.8 Å². The summed E-state index contributed by atoms with van der Waals surface area (Å²) in [7, 11) is 0. The van der Waals surface area contributed by atoms with E-state index in [4.69, 9.17) is 11.6 Å². The molecule has 2 aliphatic rings. The van der Waals surface area contributed by atoms with E-state index in [-0.39, 0.29) is 6.10 Å². The van der Waals surface area contributed by atoms with Crippen LogP contribution in [0, 0.1) is 0 Å². The number of nitrogens with one attached hydrogen (secondary N) is 1. The van der Waals surface area contributed by atoms with Crippen molar-refractivity contribution in [2.75, 3.05) is 4.90 Å². The van der Waals surface area contributed by atoms with E-state index in [1.165, 1.54) is 24.1 Å². The number of piperidine rings is 1. The minimum absolute atomic E-state index is 0.140. The van der Waals surface area contributed by atoms with Crippen molar-refractivity contribution in [3.63, 3.8) is 0 Å². The van der Waals surface area contributed by atoms with Crippen LogP contribution in [0.5, 0.6) is 0 Å². The molecule has 2 unspecified atom stereocenters. The Kier molecular flexibility index (Phi) is 4.43. The van der Waals surface area contributed by atoms with E-state index in [0.717, 1.165) is 24.4 Å². The Morgan fingerprint density at radius 1 is 1.29 bits per heavy atom. The summed E-state index contributed by atoms with van der Waals surface area (Å²) in [5.41, 5.74) is 2.45. The number of rotatable bonds is 4. The average Bonchev–Trinajstić information content (AvgIpc) is 2.68. The second-order valence-corrected chi connectivity index (χ2v) is 7.11.